The first-order valence-corrected chi connectivity index (χ1v) is 5.50. The molecular weight excluding hydrogens is 231 g/mol. The Kier molecular flexibility index (Phi) is 3.03. The number of rotatable bonds is 2. The van der Waals surface area contributed by atoms with Gasteiger partial charge in [-0.05, 0) is 30.3 Å². The molecule has 0 atom stereocenters. The number of halogens is 2. The van der Waals surface area contributed by atoms with Crippen molar-refractivity contribution < 1.29 is 4.42 Å². The van der Waals surface area contributed by atoms with Crippen molar-refractivity contribution in [3.63, 3.8) is 0 Å². The minimum atomic E-state index is 0.649. The molecule has 0 saturated heterocycles. The summed E-state index contributed by atoms with van der Waals surface area (Å²) in [5.74, 6) is 1.71. The van der Waals surface area contributed by atoms with Crippen LogP contribution >= 0.6 is 23.2 Å². The van der Waals surface area contributed by atoms with E-state index in [-0.39, 0.29) is 0 Å². The van der Waals surface area contributed by atoms with Crippen molar-refractivity contribution in [1.82, 2.24) is 0 Å². The molecular formula is C12H10Cl2O. The Labute approximate surface area is 98.6 Å². The Balaban J connectivity index is 2.48. The fourth-order valence-electron chi connectivity index (χ4n) is 1.40. The van der Waals surface area contributed by atoms with Gasteiger partial charge in [0, 0.05) is 17.0 Å². The molecule has 78 valence electrons. The monoisotopic (exact) mass is 240 g/mol. The van der Waals surface area contributed by atoms with Gasteiger partial charge in [0.25, 0.3) is 0 Å². The van der Waals surface area contributed by atoms with Gasteiger partial charge in [-0.25, -0.2) is 0 Å². The van der Waals surface area contributed by atoms with Crippen LogP contribution in [0.15, 0.2) is 34.7 Å². The summed E-state index contributed by atoms with van der Waals surface area (Å²) in [5, 5.41) is 1.31. The normalized spacial score (nSPS) is 10.6. The highest BCUT2D eigenvalue weighted by atomic mass is 35.5. The van der Waals surface area contributed by atoms with Gasteiger partial charge in [-0.3, -0.25) is 0 Å². The molecule has 1 heterocycles. The summed E-state index contributed by atoms with van der Waals surface area (Å²) in [6.45, 7) is 2.04. The van der Waals surface area contributed by atoms with Crippen molar-refractivity contribution in [3.8, 4) is 11.3 Å². The first-order valence-electron chi connectivity index (χ1n) is 4.75. The van der Waals surface area contributed by atoms with Crippen LogP contribution in [-0.4, -0.2) is 0 Å². The zero-order valence-electron chi connectivity index (χ0n) is 8.26. The van der Waals surface area contributed by atoms with E-state index in [4.69, 9.17) is 27.6 Å². The molecule has 15 heavy (non-hydrogen) atoms. The lowest BCUT2D eigenvalue weighted by molar-refractivity contribution is 0.529. The summed E-state index contributed by atoms with van der Waals surface area (Å²) in [7, 11) is 0. The van der Waals surface area contributed by atoms with Crippen molar-refractivity contribution in [3.05, 3.63) is 46.1 Å². The number of benzene rings is 1. The van der Waals surface area contributed by atoms with E-state index < -0.39 is 0 Å². The van der Waals surface area contributed by atoms with Crippen LogP contribution in [-0.2, 0) is 6.42 Å². The molecule has 0 bridgehead atoms. The Morgan fingerprint density at radius 3 is 2.60 bits per heavy atom. The fraction of sp³-hybridized carbons (Fsp3) is 0.167. The maximum atomic E-state index is 6.06. The highest BCUT2D eigenvalue weighted by Gasteiger charge is 2.08. The largest absolute Gasteiger partial charge is 0.461 e. The van der Waals surface area contributed by atoms with E-state index in [1.54, 1.807) is 12.1 Å². The fourth-order valence-corrected chi connectivity index (χ4v) is 1.78. The summed E-state index contributed by atoms with van der Waals surface area (Å²) in [6, 6.07) is 9.20. The zero-order chi connectivity index (χ0) is 10.8. The SMILES string of the molecule is CCc1ccc(-c2cc(Cl)ccc2Cl)o1. The van der Waals surface area contributed by atoms with Crippen LogP contribution in [0.25, 0.3) is 11.3 Å². The minimum absolute atomic E-state index is 0.649. The molecule has 0 aliphatic rings. The van der Waals surface area contributed by atoms with Gasteiger partial charge in [-0.1, -0.05) is 30.1 Å². The van der Waals surface area contributed by atoms with Gasteiger partial charge in [0.1, 0.15) is 11.5 Å². The molecule has 0 unspecified atom stereocenters. The third-order valence-corrected chi connectivity index (χ3v) is 2.77. The topological polar surface area (TPSA) is 13.1 Å². The van der Waals surface area contributed by atoms with Crippen LogP contribution < -0.4 is 0 Å². The summed E-state index contributed by atoms with van der Waals surface area (Å²) in [4.78, 5) is 0. The summed E-state index contributed by atoms with van der Waals surface area (Å²) in [5.41, 5.74) is 0.837. The van der Waals surface area contributed by atoms with Crippen LogP contribution in [0.1, 0.15) is 12.7 Å². The second-order valence-electron chi connectivity index (χ2n) is 3.24. The molecule has 0 aliphatic carbocycles. The zero-order valence-corrected chi connectivity index (χ0v) is 9.77. The highest BCUT2D eigenvalue weighted by Crippen LogP contribution is 2.31. The maximum Gasteiger partial charge on any atom is 0.135 e. The molecule has 0 amide bonds. The molecule has 0 N–H and O–H groups in total. The Bertz CT molecular complexity index is 474. The van der Waals surface area contributed by atoms with Gasteiger partial charge in [-0.2, -0.15) is 0 Å². The van der Waals surface area contributed by atoms with Crippen LogP contribution in [0.4, 0.5) is 0 Å². The van der Waals surface area contributed by atoms with Crippen molar-refractivity contribution in [2.24, 2.45) is 0 Å². The van der Waals surface area contributed by atoms with Gasteiger partial charge in [0.2, 0.25) is 0 Å². The average Bonchev–Trinajstić information content (AvgIpc) is 2.70. The van der Waals surface area contributed by atoms with E-state index in [9.17, 15) is 0 Å². The van der Waals surface area contributed by atoms with Crippen LogP contribution in [0, 0.1) is 0 Å². The first-order chi connectivity index (χ1) is 7.20. The molecule has 1 aromatic heterocycles. The third kappa shape index (κ3) is 2.19. The van der Waals surface area contributed by atoms with Crippen molar-refractivity contribution in [1.29, 1.82) is 0 Å². The predicted molar refractivity (Wildman–Crippen MR) is 63.5 cm³/mol. The maximum absolute atomic E-state index is 6.06. The molecule has 0 spiro atoms. The molecule has 0 fully saturated rings. The average molecular weight is 241 g/mol. The Hall–Kier alpha value is -0.920. The number of furan rings is 1. The molecule has 2 rings (SSSR count). The molecule has 0 aliphatic heterocycles. The quantitative estimate of drug-likeness (QED) is 0.734. The van der Waals surface area contributed by atoms with E-state index >= 15 is 0 Å². The van der Waals surface area contributed by atoms with E-state index in [0.29, 0.717) is 10.0 Å². The van der Waals surface area contributed by atoms with Crippen LogP contribution in [0.2, 0.25) is 10.0 Å². The second-order valence-corrected chi connectivity index (χ2v) is 4.09. The van der Waals surface area contributed by atoms with Crippen LogP contribution in [0.5, 0.6) is 0 Å². The van der Waals surface area contributed by atoms with Gasteiger partial charge in [-0.15, -0.1) is 0 Å². The van der Waals surface area contributed by atoms with E-state index in [0.717, 1.165) is 23.5 Å². The van der Waals surface area contributed by atoms with Gasteiger partial charge < -0.3 is 4.42 Å². The lowest BCUT2D eigenvalue weighted by atomic mass is 10.2. The van der Waals surface area contributed by atoms with E-state index in [2.05, 4.69) is 0 Å². The molecule has 1 nitrogen and oxygen atoms in total. The standard InChI is InChI=1S/C12H10Cl2O/c1-2-9-4-6-12(15-9)10-7-8(13)3-5-11(10)14/h3-7H,2H2,1H3. The Morgan fingerprint density at radius 2 is 1.93 bits per heavy atom. The van der Waals surface area contributed by atoms with E-state index in [1.165, 1.54) is 0 Å². The van der Waals surface area contributed by atoms with E-state index in [1.807, 2.05) is 25.1 Å². The predicted octanol–water partition coefficient (Wildman–Crippen LogP) is 4.82. The first kappa shape index (κ1) is 10.6. The summed E-state index contributed by atoms with van der Waals surface area (Å²) in [6.07, 6.45) is 0.873. The summed E-state index contributed by atoms with van der Waals surface area (Å²) < 4.78 is 5.61. The highest BCUT2D eigenvalue weighted by molar-refractivity contribution is 6.35. The number of hydrogen-bond acceptors (Lipinski definition) is 1. The smallest absolute Gasteiger partial charge is 0.135 e. The summed E-state index contributed by atoms with van der Waals surface area (Å²) >= 11 is 12.0. The minimum Gasteiger partial charge on any atom is -0.461 e. The lowest BCUT2D eigenvalue weighted by Crippen LogP contribution is -1.76. The molecule has 0 saturated carbocycles. The van der Waals surface area contributed by atoms with Gasteiger partial charge in [0.15, 0.2) is 0 Å². The molecule has 0 radical (unpaired) electrons. The van der Waals surface area contributed by atoms with Gasteiger partial charge in [0.05, 0.1) is 5.02 Å². The van der Waals surface area contributed by atoms with Crippen LogP contribution in [0.3, 0.4) is 0 Å². The van der Waals surface area contributed by atoms with Crippen molar-refractivity contribution in [2.75, 3.05) is 0 Å². The second kappa shape index (κ2) is 4.30. The number of hydrogen-bond donors (Lipinski definition) is 0. The van der Waals surface area contributed by atoms with Crippen molar-refractivity contribution >= 4 is 23.2 Å². The molecule has 3 heteroatoms. The van der Waals surface area contributed by atoms with Gasteiger partial charge >= 0.3 is 0 Å². The number of aryl methyl sites for hydroxylation is 1. The Morgan fingerprint density at radius 1 is 1.13 bits per heavy atom. The van der Waals surface area contributed by atoms with Crippen molar-refractivity contribution in [2.45, 2.75) is 13.3 Å². The molecule has 2 aromatic rings. The lowest BCUT2D eigenvalue weighted by Gasteiger charge is -2.01. The third-order valence-electron chi connectivity index (χ3n) is 2.20. The molecule has 1 aromatic carbocycles.